The van der Waals surface area contributed by atoms with Crippen molar-refractivity contribution in [3.05, 3.63) is 23.8 Å². The summed E-state index contributed by atoms with van der Waals surface area (Å²) in [5, 5.41) is 8.87. The molecule has 0 saturated carbocycles. The smallest absolute Gasteiger partial charge is 0.329 e. The Balaban J connectivity index is 2.74. The molecule has 84 valence electrons. The normalized spacial score (nSPS) is 26.2. The number of allylic oxidation sites excluding steroid dienone is 3. The topological polar surface area (TPSA) is 94.8 Å². The molecule has 1 atom stereocenters. The molecule has 0 fully saturated rings. The highest BCUT2D eigenvalue weighted by molar-refractivity contribution is 14.1. The number of halogens is 1. The van der Waals surface area contributed by atoms with Gasteiger partial charge in [-0.3, -0.25) is 9.36 Å². The van der Waals surface area contributed by atoms with Gasteiger partial charge in [-0.05, 0) is 12.0 Å². The molecule has 1 unspecified atom stereocenters. The van der Waals surface area contributed by atoms with Crippen LogP contribution in [-0.2, 0) is 9.36 Å². The molecule has 1 aliphatic rings. The number of hydrogen-bond donors (Lipinski definition) is 3. The molecule has 0 radical (unpaired) electrons. The highest BCUT2D eigenvalue weighted by Gasteiger charge is 2.33. The number of hydrogen-bond acceptors (Lipinski definition) is 2. The molecule has 0 aromatic carbocycles. The summed E-state index contributed by atoms with van der Waals surface area (Å²) in [4.78, 5) is 28.3. The van der Waals surface area contributed by atoms with Crippen molar-refractivity contribution in [2.45, 2.75) is 9.84 Å². The zero-order valence-corrected chi connectivity index (χ0v) is 10.7. The van der Waals surface area contributed by atoms with E-state index in [-0.39, 0.29) is 12.6 Å². The van der Waals surface area contributed by atoms with Crippen LogP contribution in [0.1, 0.15) is 6.42 Å². The summed E-state index contributed by atoms with van der Waals surface area (Å²) < 4.78 is 9.71. The minimum absolute atomic E-state index is 0.245. The molecular weight excluding hydrogens is 334 g/mol. The summed E-state index contributed by atoms with van der Waals surface area (Å²) >= 11 is 1.80. The number of carboxylic acid groups (broad SMARTS) is 1. The Morgan fingerprint density at radius 3 is 2.53 bits per heavy atom. The van der Waals surface area contributed by atoms with Gasteiger partial charge in [0.05, 0.1) is 6.16 Å². The Bertz CT molecular complexity index is 382. The Morgan fingerprint density at radius 1 is 1.60 bits per heavy atom. The molecule has 0 heterocycles. The Kier molecular flexibility index (Phi) is 3.76. The van der Waals surface area contributed by atoms with Gasteiger partial charge in [0.1, 0.15) is 3.42 Å². The molecule has 0 aromatic heterocycles. The van der Waals surface area contributed by atoms with Crippen LogP contribution in [0, 0.1) is 0 Å². The standard InChI is InChI=1S/C8H10IO5P/c9-8(7(10)11)3-1-6(2-4-8)5-15(12,13)14/h1-3H,4-5H2,(H,10,11)(H2,12,13,14). The van der Waals surface area contributed by atoms with Crippen molar-refractivity contribution in [2.75, 3.05) is 6.16 Å². The lowest BCUT2D eigenvalue weighted by Crippen LogP contribution is -2.30. The van der Waals surface area contributed by atoms with Crippen LogP contribution in [0.15, 0.2) is 23.8 Å². The Morgan fingerprint density at radius 2 is 2.20 bits per heavy atom. The minimum Gasteiger partial charge on any atom is -0.480 e. The number of carboxylic acids is 1. The summed E-state index contributed by atoms with van der Waals surface area (Å²) in [7, 11) is -4.07. The van der Waals surface area contributed by atoms with Gasteiger partial charge in [-0.2, -0.15) is 0 Å². The lowest BCUT2D eigenvalue weighted by Gasteiger charge is -2.21. The highest BCUT2D eigenvalue weighted by Crippen LogP contribution is 2.39. The molecule has 0 bridgehead atoms. The van der Waals surface area contributed by atoms with Crippen molar-refractivity contribution in [1.82, 2.24) is 0 Å². The highest BCUT2D eigenvalue weighted by atomic mass is 127. The number of aliphatic carboxylic acids is 1. The molecule has 7 heteroatoms. The largest absolute Gasteiger partial charge is 0.480 e. The molecule has 0 spiro atoms. The van der Waals surface area contributed by atoms with Crippen LogP contribution in [0.2, 0.25) is 0 Å². The van der Waals surface area contributed by atoms with Crippen molar-refractivity contribution in [2.24, 2.45) is 0 Å². The summed E-state index contributed by atoms with van der Waals surface area (Å²) in [6.45, 7) is 0. The van der Waals surface area contributed by atoms with Crippen LogP contribution in [0.5, 0.6) is 0 Å². The van der Waals surface area contributed by atoms with Gasteiger partial charge in [0, 0.05) is 0 Å². The number of alkyl halides is 1. The molecule has 0 aromatic rings. The Labute approximate surface area is 100 Å². The van der Waals surface area contributed by atoms with Gasteiger partial charge in [0.25, 0.3) is 0 Å². The van der Waals surface area contributed by atoms with Gasteiger partial charge in [-0.1, -0.05) is 40.8 Å². The molecule has 1 aliphatic carbocycles. The van der Waals surface area contributed by atoms with E-state index in [1.807, 2.05) is 0 Å². The fourth-order valence-electron chi connectivity index (χ4n) is 1.17. The first kappa shape index (κ1) is 12.9. The third-order valence-corrected chi connectivity index (χ3v) is 4.01. The van der Waals surface area contributed by atoms with Crippen LogP contribution in [0.4, 0.5) is 0 Å². The fourth-order valence-corrected chi connectivity index (χ4v) is 2.28. The van der Waals surface area contributed by atoms with Crippen LogP contribution >= 0.6 is 30.2 Å². The van der Waals surface area contributed by atoms with E-state index >= 15 is 0 Å². The first-order chi connectivity index (χ1) is 6.73. The molecule has 1 rings (SSSR count). The van der Waals surface area contributed by atoms with Crippen LogP contribution < -0.4 is 0 Å². The van der Waals surface area contributed by atoms with Gasteiger partial charge >= 0.3 is 13.6 Å². The van der Waals surface area contributed by atoms with Crippen molar-refractivity contribution in [3.8, 4) is 0 Å². The third-order valence-electron chi connectivity index (χ3n) is 1.97. The second-order valence-corrected chi connectivity index (χ2v) is 6.88. The zero-order chi connectivity index (χ0) is 11.7. The lowest BCUT2D eigenvalue weighted by atomic mass is 9.97. The molecule has 0 saturated heterocycles. The lowest BCUT2D eigenvalue weighted by molar-refractivity contribution is -0.137. The monoisotopic (exact) mass is 344 g/mol. The van der Waals surface area contributed by atoms with Gasteiger partial charge < -0.3 is 14.9 Å². The van der Waals surface area contributed by atoms with E-state index in [0.29, 0.717) is 5.57 Å². The maximum Gasteiger partial charge on any atom is 0.329 e. The van der Waals surface area contributed by atoms with Crippen molar-refractivity contribution < 1.29 is 24.3 Å². The van der Waals surface area contributed by atoms with E-state index in [9.17, 15) is 9.36 Å². The Hall–Kier alpha value is -0.170. The van der Waals surface area contributed by atoms with Crippen LogP contribution in [-0.4, -0.2) is 30.4 Å². The number of carbonyl (C=O) groups is 1. The maximum absolute atomic E-state index is 10.8. The summed E-state index contributed by atoms with van der Waals surface area (Å²) in [6.07, 6.45) is 4.38. The van der Waals surface area contributed by atoms with Gasteiger partial charge in [0.2, 0.25) is 0 Å². The van der Waals surface area contributed by atoms with Gasteiger partial charge in [0.15, 0.2) is 0 Å². The minimum atomic E-state index is -4.07. The molecule has 15 heavy (non-hydrogen) atoms. The van der Waals surface area contributed by atoms with Crippen molar-refractivity contribution >= 4 is 36.2 Å². The van der Waals surface area contributed by atoms with Gasteiger partial charge in [-0.15, -0.1) is 0 Å². The maximum atomic E-state index is 10.8. The van der Waals surface area contributed by atoms with E-state index in [1.54, 1.807) is 28.7 Å². The average Bonchev–Trinajstić information content (AvgIpc) is 2.07. The predicted molar refractivity (Wildman–Crippen MR) is 63.1 cm³/mol. The zero-order valence-electron chi connectivity index (χ0n) is 7.63. The van der Waals surface area contributed by atoms with Crippen LogP contribution in [0.3, 0.4) is 0 Å². The second kappa shape index (κ2) is 4.37. The molecule has 0 amide bonds. The summed E-state index contributed by atoms with van der Waals surface area (Å²) in [6, 6.07) is 0. The van der Waals surface area contributed by atoms with E-state index in [2.05, 4.69) is 0 Å². The first-order valence-electron chi connectivity index (χ1n) is 4.08. The SMILES string of the molecule is O=C(O)C1(I)C=CC(CP(=O)(O)O)=CC1. The first-order valence-corrected chi connectivity index (χ1v) is 6.96. The van der Waals surface area contributed by atoms with Gasteiger partial charge in [-0.25, -0.2) is 0 Å². The van der Waals surface area contributed by atoms with E-state index in [1.165, 1.54) is 12.2 Å². The second-order valence-electron chi connectivity index (χ2n) is 3.31. The predicted octanol–water partition coefficient (Wildman–Crippen LogP) is 1.31. The molecule has 0 aliphatic heterocycles. The third kappa shape index (κ3) is 3.71. The molecular formula is C8H10IO5P. The van der Waals surface area contributed by atoms with E-state index < -0.39 is 17.0 Å². The average molecular weight is 344 g/mol. The quantitative estimate of drug-likeness (QED) is 0.408. The van der Waals surface area contributed by atoms with Crippen LogP contribution in [0.25, 0.3) is 0 Å². The summed E-state index contributed by atoms with van der Waals surface area (Å²) in [5.41, 5.74) is 0.483. The fraction of sp³-hybridized carbons (Fsp3) is 0.375. The molecule has 3 N–H and O–H groups in total. The van der Waals surface area contributed by atoms with Crippen molar-refractivity contribution in [3.63, 3.8) is 0 Å². The van der Waals surface area contributed by atoms with E-state index in [0.717, 1.165) is 0 Å². The molecule has 5 nitrogen and oxygen atoms in total. The van der Waals surface area contributed by atoms with Crippen molar-refractivity contribution in [1.29, 1.82) is 0 Å². The van der Waals surface area contributed by atoms with E-state index in [4.69, 9.17) is 14.9 Å². The number of rotatable bonds is 3. The summed E-state index contributed by atoms with van der Waals surface area (Å²) in [5.74, 6) is -0.953.